The van der Waals surface area contributed by atoms with Gasteiger partial charge in [-0.25, -0.2) is 22.5 Å². The van der Waals surface area contributed by atoms with Gasteiger partial charge in [0.25, 0.3) is 0 Å². The lowest BCUT2D eigenvalue weighted by molar-refractivity contribution is 0.402. The van der Waals surface area contributed by atoms with Gasteiger partial charge in [0.15, 0.2) is 5.82 Å². The molecule has 0 aliphatic rings. The van der Waals surface area contributed by atoms with E-state index < -0.39 is 15.8 Å². The highest BCUT2D eigenvalue weighted by Crippen LogP contribution is 2.32. The Kier molecular flexibility index (Phi) is 6.77. The van der Waals surface area contributed by atoms with Crippen molar-refractivity contribution < 1.29 is 12.8 Å². The molecule has 0 radical (unpaired) electrons. The number of hydrogen-bond donors (Lipinski definition) is 3. The van der Waals surface area contributed by atoms with E-state index in [1.807, 2.05) is 26.4 Å². The number of imidazole rings is 1. The van der Waals surface area contributed by atoms with Crippen LogP contribution in [0.15, 0.2) is 61.3 Å². The Morgan fingerprint density at radius 1 is 0.927 bits per heavy atom. The molecule has 41 heavy (non-hydrogen) atoms. The Labute approximate surface area is 235 Å². The minimum atomic E-state index is -3.44. The van der Waals surface area contributed by atoms with Crippen LogP contribution in [0.2, 0.25) is 0 Å². The van der Waals surface area contributed by atoms with Crippen molar-refractivity contribution in [1.82, 2.24) is 44.7 Å². The van der Waals surface area contributed by atoms with Gasteiger partial charge in [-0.1, -0.05) is 0 Å². The molecule has 11 nitrogen and oxygen atoms in total. The van der Waals surface area contributed by atoms with E-state index in [9.17, 15) is 12.8 Å². The third-order valence-electron chi connectivity index (χ3n) is 6.46. The minimum Gasteiger partial charge on any atom is -0.335 e. The van der Waals surface area contributed by atoms with Gasteiger partial charge in [-0.05, 0) is 61.1 Å². The monoisotopic (exact) mass is 571 g/mol. The lowest BCUT2D eigenvalue weighted by Crippen LogP contribution is -2.21. The summed E-state index contributed by atoms with van der Waals surface area (Å²) in [4.78, 5) is 23.5. The Bertz CT molecular complexity index is 2020. The highest BCUT2D eigenvalue weighted by molar-refractivity contribution is 7.88. The molecule has 0 amide bonds. The van der Waals surface area contributed by atoms with Crippen LogP contribution in [0.3, 0.4) is 0 Å². The Morgan fingerprint density at radius 3 is 2.54 bits per heavy atom. The predicted octanol–water partition coefficient (Wildman–Crippen LogP) is 3.88. The van der Waals surface area contributed by atoms with Crippen molar-refractivity contribution in [3.8, 4) is 33.9 Å². The van der Waals surface area contributed by atoms with Crippen LogP contribution in [0.5, 0.6) is 0 Å². The van der Waals surface area contributed by atoms with Crippen molar-refractivity contribution >= 4 is 32.0 Å². The van der Waals surface area contributed by atoms with Crippen LogP contribution in [-0.4, -0.2) is 68.8 Å². The Balaban J connectivity index is 1.40. The molecule has 13 heteroatoms. The summed E-state index contributed by atoms with van der Waals surface area (Å²) in [6.45, 7) is 0.721. The highest BCUT2D eigenvalue weighted by Gasteiger charge is 2.17. The highest BCUT2D eigenvalue weighted by atomic mass is 32.2. The predicted molar refractivity (Wildman–Crippen MR) is 154 cm³/mol. The summed E-state index contributed by atoms with van der Waals surface area (Å²) in [7, 11) is 0.576. The number of hydrogen-bond acceptors (Lipinski definition) is 8. The summed E-state index contributed by atoms with van der Waals surface area (Å²) < 4.78 is 40.0. The molecule has 5 aromatic heterocycles. The summed E-state index contributed by atoms with van der Waals surface area (Å²) in [5.74, 6) is 0.00975. The standard InChI is InChI=1S/C28H26FN9O2S/c1-38(2)15-17-5-19(11-30-9-17)23-8-21-24(14-32-23)36-37-27(21)28-34-25-13-31-12-22(26(25)35-28)18-4-16(6-20(29)7-18)10-33-41(3,39)40/h4-9,11-14,33H,10,15H2,1-3H3,(H,34,35)(H,36,37). The van der Waals surface area contributed by atoms with Crippen LogP contribution in [0.4, 0.5) is 4.39 Å². The van der Waals surface area contributed by atoms with Crippen LogP contribution in [-0.2, 0) is 23.1 Å². The largest absolute Gasteiger partial charge is 0.335 e. The van der Waals surface area contributed by atoms with E-state index in [2.05, 4.69) is 45.8 Å². The lowest BCUT2D eigenvalue weighted by atomic mass is 10.0. The van der Waals surface area contributed by atoms with Crippen molar-refractivity contribution in [2.45, 2.75) is 13.1 Å². The molecule has 0 bridgehead atoms. The molecule has 6 aromatic rings. The van der Waals surface area contributed by atoms with Gasteiger partial charge in [-0.3, -0.25) is 20.1 Å². The van der Waals surface area contributed by atoms with E-state index >= 15 is 0 Å². The summed E-state index contributed by atoms with van der Waals surface area (Å²) in [6, 6.07) is 8.39. The van der Waals surface area contributed by atoms with Gasteiger partial charge in [-0.2, -0.15) is 5.10 Å². The fourth-order valence-corrected chi connectivity index (χ4v) is 5.14. The third kappa shape index (κ3) is 5.68. The summed E-state index contributed by atoms with van der Waals surface area (Å²) >= 11 is 0. The maximum absolute atomic E-state index is 14.5. The third-order valence-corrected chi connectivity index (χ3v) is 7.13. The van der Waals surface area contributed by atoms with E-state index in [-0.39, 0.29) is 6.54 Å². The number of aromatic amines is 2. The number of nitrogens with one attached hydrogen (secondary N) is 3. The molecule has 1 aromatic carbocycles. The maximum Gasteiger partial charge on any atom is 0.209 e. The molecule has 0 spiro atoms. The smallest absolute Gasteiger partial charge is 0.209 e. The SMILES string of the molecule is CN(C)Cc1cncc(-c2cc3c(-c4nc5c(-c6cc(F)cc(CNS(C)(=O)=O)c6)cncc5[nH]4)n[nH]c3cn2)c1. The fraction of sp³-hybridized carbons (Fsp3) is 0.179. The van der Waals surface area contributed by atoms with E-state index in [0.29, 0.717) is 39.2 Å². The fourth-order valence-electron chi connectivity index (χ4n) is 4.71. The molecule has 0 aliphatic carbocycles. The van der Waals surface area contributed by atoms with Gasteiger partial charge < -0.3 is 9.88 Å². The number of H-pyrrole nitrogens is 2. The van der Waals surface area contributed by atoms with Crippen molar-refractivity contribution in [1.29, 1.82) is 0 Å². The van der Waals surface area contributed by atoms with Crippen LogP contribution < -0.4 is 4.72 Å². The number of halogens is 1. The van der Waals surface area contributed by atoms with Crippen LogP contribution >= 0.6 is 0 Å². The first-order valence-electron chi connectivity index (χ1n) is 12.6. The molecule has 0 unspecified atom stereocenters. The molecule has 0 fully saturated rings. The molecule has 208 valence electrons. The second-order valence-electron chi connectivity index (χ2n) is 10.1. The van der Waals surface area contributed by atoms with E-state index in [0.717, 1.165) is 40.5 Å². The van der Waals surface area contributed by atoms with Gasteiger partial charge in [-0.15, -0.1) is 0 Å². The first-order chi connectivity index (χ1) is 19.6. The maximum atomic E-state index is 14.5. The molecule has 3 N–H and O–H groups in total. The zero-order valence-corrected chi connectivity index (χ0v) is 23.3. The average molecular weight is 572 g/mol. The molecule has 5 heterocycles. The number of nitrogens with zero attached hydrogens (tertiary/aromatic N) is 6. The summed E-state index contributed by atoms with van der Waals surface area (Å²) in [5, 5.41) is 8.34. The van der Waals surface area contributed by atoms with Crippen molar-refractivity contribution in [3.63, 3.8) is 0 Å². The molecule has 6 rings (SSSR count). The quantitative estimate of drug-likeness (QED) is 0.250. The van der Waals surface area contributed by atoms with E-state index in [1.54, 1.807) is 30.9 Å². The first-order valence-corrected chi connectivity index (χ1v) is 14.5. The molecular weight excluding hydrogens is 545 g/mol. The zero-order chi connectivity index (χ0) is 28.7. The number of pyridine rings is 3. The molecule has 0 atom stereocenters. The Hall–Kier alpha value is -4.59. The van der Waals surface area contributed by atoms with Crippen LogP contribution in [0, 0.1) is 5.82 Å². The van der Waals surface area contributed by atoms with E-state index in [1.165, 1.54) is 12.1 Å². The van der Waals surface area contributed by atoms with Crippen molar-refractivity contribution in [2.24, 2.45) is 0 Å². The normalized spacial score (nSPS) is 12.1. The number of benzene rings is 1. The van der Waals surface area contributed by atoms with Gasteiger partial charge >= 0.3 is 0 Å². The number of sulfonamides is 1. The van der Waals surface area contributed by atoms with Gasteiger partial charge in [0.2, 0.25) is 10.0 Å². The van der Waals surface area contributed by atoms with Crippen molar-refractivity contribution in [3.05, 3.63) is 78.3 Å². The van der Waals surface area contributed by atoms with Gasteiger partial charge in [0.05, 0.1) is 40.9 Å². The van der Waals surface area contributed by atoms with E-state index in [4.69, 9.17) is 4.98 Å². The topological polar surface area (TPSA) is 145 Å². The second-order valence-corrected chi connectivity index (χ2v) is 12.0. The zero-order valence-electron chi connectivity index (χ0n) is 22.5. The first kappa shape index (κ1) is 26.6. The van der Waals surface area contributed by atoms with Gasteiger partial charge in [0, 0.05) is 48.2 Å². The van der Waals surface area contributed by atoms with Crippen molar-refractivity contribution in [2.75, 3.05) is 20.4 Å². The molecular formula is C28H26FN9O2S. The number of fused-ring (bicyclic) bond motifs is 2. The number of aromatic nitrogens is 7. The average Bonchev–Trinajstić information content (AvgIpc) is 3.54. The summed E-state index contributed by atoms with van der Waals surface area (Å²) in [6.07, 6.45) is 9.66. The van der Waals surface area contributed by atoms with Crippen LogP contribution in [0.1, 0.15) is 11.1 Å². The lowest BCUT2D eigenvalue weighted by Gasteiger charge is -2.10. The second kappa shape index (κ2) is 10.4. The summed E-state index contributed by atoms with van der Waals surface area (Å²) in [5.41, 5.74) is 6.87. The van der Waals surface area contributed by atoms with Crippen LogP contribution in [0.25, 0.3) is 55.8 Å². The Morgan fingerprint density at radius 2 is 1.73 bits per heavy atom. The molecule has 0 saturated carbocycles. The molecule has 0 aliphatic heterocycles. The molecule has 0 saturated heterocycles. The number of rotatable bonds is 8. The van der Waals surface area contributed by atoms with Gasteiger partial charge in [0.1, 0.15) is 11.5 Å². The minimum absolute atomic E-state index is 0.0397.